The van der Waals surface area contributed by atoms with Crippen molar-refractivity contribution in [1.29, 1.82) is 0 Å². The van der Waals surface area contributed by atoms with Gasteiger partial charge in [-0.05, 0) is 86.3 Å². The van der Waals surface area contributed by atoms with E-state index in [2.05, 4.69) is 67.8 Å². The molecule has 0 unspecified atom stereocenters. The molecule has 0 radical (unpaired) electrons. The van der Waals surface area contributed by atoms with E-state index in [1.807, 2.05) is 12.1 Å². The second-order valence-corrected chi connectivity index (χ2v) is 6.99. The maximum Gasteiger partial charge on any atom is 0.311 e. The van der Waals surface area contributed by atoms with Gasteiger partial charge in [-0.3, -0.25) is 9.59 Å². The predicted octanol–water partition coefficient (Wildman–Crippen LogP) is 3.66. The summed E-state index contributed by atoms with van der Waals surface area (Å²) in [6, 6.07) is 3.84. The number of hydrogen-bond acceptors (Lipinski definition) is 3. The fourth-order valence-electron chi connectivity index (χ4n) is 1.18. The largest absolute Gasteiger partial charge is 0.481 e. The molecule has 0 amide bonds. The van der Waals surface area contributed by atoms with E-state index < -0.39 is 11.9 Å². The van der Waals surface area contributed by atoms with Crippen LogP contribution in [0.5, 0.6) is 5.75 Å². The SMILES string of the molecule is O=C(O)CCCC(=O)Oc1c(I)cc(I)cc1I. The van der Waals surface area contributed by atoms with Gasteiger partial charge in [-0.2, -0.15) is 0 Å². The molecule has 1 N–H and O–H groups in total. The number of carboxylic acid groups (broad SMARTS) is 1. The second kappa shape index (κ2) is 7.82. The minimum absolute atomic E-state index is 0.0179. The summed E-state index contributed by atoms with van der Waals surface area (Å²) in [5.74, 6) is -0.744. The number of esters is 1. The van der Waals surface area contributed by atoms with Crippen molar-refractivity contribution >= 4 is 79.7 Å². The van der Waals surface area contributed by atoms with E-state index in [-0.39, 0.29) is 12.8 Å². The molecule has 0 atom stereocenters. The number of carbonyl (C=O) groups is 2. The van der Waals surface area contributed by atoms with Crippen molar-refractivity contribution in [3.05, 3.63) is 22.8 Å². The standard InChI is InChI=1S/C11H9I3O4/c12-6-4-7(13)11(8(14)5-6)18-10(17)3-1-2-9(15)16/h4-5H,1-3H2,(H,15,16). The molecule has 1 aromatic rings. The number of ether oxygens (including phenoxy) is 1. The third-order valence-corrected chi connectivity index (χ3v) is 4.18. The predicted molar refractivity (Wildman–Crippen MR) is 91.7 cm³/mol. The van der Waals surface area contributed by atoms with Crippen LogP contribution in [0, 0.1) is 10.7 Å². The van der Waals surface area contributed by atoms with Crippen LogP contribution in [0.15, 0.2) is 12.1 Å². The van der Waals surface area contributed by atoms with E-state index >= 15 is 0 Å². The minimum atomic E-state index is -0.902. The van der Waals surface area contributed by atoms with E-state index in [0.29, 0.717) is 12.2 Å². The molecule has 0 saturated carbocycles. The fraction of sp³-hybridized carbons (Fsp3) is 0.273. The van der Waals surface area contributed by atoms with Crippen LogP contribution in [-0.4, -0.2) is 17.0 Å². The van der Waals surface area contributed by atoms with E-state index in [9.17, 15) is 9.59 Å². The van der Waals surface area contributed by atoms with Gasteiger partial charge in [0.2, 0.25) is 0 Å². The van der Waals surface area contributed by atoms with Gasteiger partial charge >= 0.3 is 11.9 Å². The Morgan fingerprint density at radius 3 is 2.17 bits per heavy atom. The summed E-state index contributed by atoms with van der Waals surface area (Å²) in [4.78, 5) is 21.9. The number of aliphatic carboxylic acids is 1. The lowest BCUT2D eigenvalue weighted by molar-refractivity contribution is -0.137. The molecule has 0 spiro atoms. The number of hydrogen-bond donors (Lipinski definition) is 1. The Balaban J connectivity index is 2.62. The third kappa shape index (κ3) is 5.55. The number of benzene rings is 1. The molecule has 0 aliphatic rings. The van der Waals surface area contributed by atoms with Crippen molar-refractivity contribution < 1.29 is 19.4 Å². The third-order valence-electron chi connectivity index (χ3n) is 1.95. The molecule has 1 rings (SSSR count). The van der Waals surface area contributed by atoms with Gasteiger partial charge in [-0.15, -0.1) is 0 Å². The lowest BCUT2D eigenvalue weighted by Crippen LogP contribution is -2.10. The van der Waals surface area contributed by atoms with Crippen LogP contribution >= 0.6 is 67.8 Å². The van der Waals surface area contributed by atoms with Crippen molar-refractivity contribution in [3.63, 3.8) is 0 Å². The second-order valence-electron chi connectivity index (χ2n) is 3.42. The van der Waals surface area contributed by atoms with E-state index in [1.165, 1.54) is 0 Å². The zero-order valence-corrected chi connectivity index (χ0v) is 15.6. The van der Waals surface area contributed by atoms with Crippen LogP contribution in [0.25, 0.3) is 0 Å². The summed E-state index contributed by atoms with van der Waals surface area (Å²) >= 11 is 6.42. The zero-order chi connectivity index (χ0) is 13.7. The summed E-state index contributed by atoms with van der Waals surface area (Å²) in [6.07, 6.45) is 0.395. The fourth-order valence-corrected chi connectivity index (χ4v) is 4.98. The zero-order valence-electron chi connectivity index (χ0n) is 9.08. The monoisotopic (exact) mass is 586 g/mol. The topological polar surface area (TPSA) is 63.6 Å². The molecule has 1 aromatic carbocycles. The van der Waals surface area contributed by atoms with Crippen molar-refractivity contribution in [2.75, 3.05) is 0 Å². The lowest BCUT2D eigenvalue weighted by atomic mass is 10.2. The van der Waals surface area contributed by atoms with Crippen LogP contribution in [0.2, 0.25) is 0 Å². The number of carbonyl (C=O) groups excluding carboxylic acids is 1. The quantitative estimate of drug-likeness (QED) is 0.326. The molecule has 0 heterocycles. The van der Waals surface area contributed by atoms with Crippen LogP contribution < -0.4 is 4.74 Å². The first-order valence-electron chi connectivity index (χ1n) is 4.97. The normalized spacial score (nSPS) is 10.2. The molecule has 0 bridgehead atoms. The molecular weight excluding hydrogens is 577 g/mol. The molecule has 0 fully saturated rings. The van der Waals surface area contributed by atoms with Crippen molar-refractivity contribution in [1.82, 2.24) is 0 Å². The molecular formula is C11H9I3O4. The van der Waals surface area contributed by atoms with Gasteiger partial charge in [0.15, 0.2) is 5.75 Å². The average Bonchev–Trinajstić information content (AvgIpc) is 2.22. The van der Waals surface area contributed by atoms with Gasteiger partial charge in [0.25, 0.3) is 0 Å². The van der Waals surface area contributed by atoms with Gasteiger partial charge in [-0.1, -0.05) is 0 Å². The first-order chi connectivity index (χ1) is 8.40. The first kappa shape index (κ1) is 16.4. The Kier molecular flexibility index (Phi) is 7.13. The van der Waals surface area contributed by atoms with Crippen molar-refractivity contribution in [3.8, 4) is 5.75 Å². The highest BCUT2D eigenvalue weighted by molar-refractivity contribution is 14.1. The summed E-state index contributed by atoms with van der Waals surface area (Å²) in [7, 11) is 0. The summed E-state index contributed by atoms with van der Waals surface area (Å²) in [5, 5.41) is 8.48. The van der Waals surface area contributed by atoms with Gasteiger partial charge in [0.05, 0.1) is 7.14 Å². The molecule has 7 heteroatoms. The number of carboxylic acids is 1. The van der Waals surface area contributed by atoms with Crippen molar-refractivity contribution in [2.24, 2.45) is 0 Å². The highest BCUT2D eigenvalue weighted by Crippen LogP contribution is 2.29. The van der Waals surface area contributed by atoms with Gasteiger partial charge in [-0.25, -0.2) is 0 Å². The summed E-state index contributed by atoms with van der Waals surface area (Å²) in [6.45, 7) is 0. The summed E-state index contributed by atoms with van der Waals surface area (Å²) in [5.41, 5.74) is 0. The Hall–Kier alpha value is 0.350. The number of halogens is 3. The molecule has 98 valence electrons. The minimum Gasteiger partial charge on any atom is -0.481 e. The molecule has 18 heavy (non-hydrogen) atoms. The Morgan fingerprint density at radius 2 is 1.67 bits per heavy atom. The first-order valence-corrected chi connectivity index (χ1v) is 8.21. The average molecular weight is 586 g/mol. The molecule has 0 aromatic heterocycles. The smallest absolute Gasteiger partial charge is 0.311 e. The molecule has 4 nitrogen and oxygen atoms in total. The Labute approximate surface area is 145 Å². The van der Waals surface area contributed by atoms with Crippen molar-refractivity contribution in [2.45, 2.75) is 19.3 Å². The van der Waals surface area contributed by atoms with Crippen LogP contribution in [0.3, 0.4) is 0 Å². The highest BCUT2D eigenvalue weighted by Gasteiger charge is 2.13. The van der Waals surface area contributed by atoms with Gasteiger partial charge in [0.1, 0.15) is 0 Å². The lowest BCUT2D eigenvalue weighted by Gasteiger charge is -2.09. The highest BCUT2D eigenvalue weighted by atomic mass is 127. The van der Waals surface area contributed by atoms with Gasteiger partial charge in [0, 0.05) is 16.4 Å². The van der Waals surface area contributed by atoms with Gasteiger partial charge < -0.3 is 9.84 Å². The molecule has 0 saturated heterocycles. The summed E-state index contributed by atoms with van der Waals surface area (Å²) < 4.78 is 8.08. The van der Waals surface area contributed by atoms with E-state index in [4.69, 9.17) is 9.84 Å². The number of rotatable bonds is 5. The van der Waals surface area contributed by atoms with Crippen LogP contribution in [0.1, 0.15) is 19.3 Å². The Bertz CT molecular complexity index is 450. The van der Waals surface area contributed by atoms with Crippen LogP contribution in [0.4, 0.5) is 0 Å². The maximum atomic E-state index is 11.6. The van der Waals surface area contributed by atoms with Crippen LogP contribution in [-0.2, 0) is 9.59 Å². The molecule has 0 aliphatic heterocycles. The Morgan fingerprint density at radius 1 is 1.11 bits per heavy atom. The van der Waals surface area contributed by atoms with E-state index in [1.54, 1.807) is 0 Å². The van der Waals surface area contributed by atoms with E-state index in [0.717, 1.165) is 10.7 Å². The maximum absolute atomic E-state index is 11.6. The molecule has 0 aliphatic carbocycles.